The number of halogens is 3. The Labute approximate surface area is 125 Å². The molecule has 1 aromatic heterocycles. The van der Waals surface area contributed by atoms with E-state index in [0.717, 1.165) is 36.1 Å². The van der Waals surface area contributed by atoms with Crippen LogP contribution in [0.25, 0.3) is 0 Å². The van der Waals surface area contributed by atoms with Crippen molar-refractivity contribution in [3.63, 3.8) is 0 Å². The summed E-state index contributed by atoms with van der Waals surface area (Å²) in [4.78, 5) is 15.8. The highest BCUT2D eigenvalue weighted by atomic mass is 32.1. The lowest BCUT2D eigenvalue weighted by atomic mass is 9.98. The molecular formula is C13H18F3N3OS. The normalized spacial score (nSPS) is 21.0. The van der Waals surface area contributed by atoms with Gasteiger partial charge in [-0.1, -0.05) is 6.92 Å². The van der Waals surface area contributed by atoms with Crippen LogP contribution in [0.1, 0.15) is 42.9 Å². The van der Waals surface area contributed by atoms with Crippen molar-refractivity contribution in [1.82, 2.24) is 15.6 Å². The molecule has 1 saturated heterocycles. The number of hydrogen-bond donors (Lipinski definition) is 2. The molecule has 1 amide bonds. The molecule has 0 saturated carbocycles. The van der Waals surface area contributed by atoms with Gasteiger partial charge in [0.15, 0.2) is 5.69 Å². The van der Waals surface area contributed by atoms with Gasteiger partial charge in [-0.2, -0.15) is 13.2 Å². The zero-order chi connectivity index (χ0) is 15.5. The van der Waals surface area contributed by atoms with Crippen LogP contribution in [-0.4, -0.2) is 24.0 Å². The van der Waals surface area contributed by atoms with Gasteiger partial charge in [-0.05, 0) is 25.8 Å². The van der Waals surface area contributed by atoms with Crippen LogP contribution in [-0.2, 0) is 11.0 Å². The molecule has 1 aliphatic heterocycles. The Kier molecular flexibility index (Phi) is 5.21. The van der Waals surface area contributed by atoms with Gasteiger partial charge in [-0.3, -0.25) is 4.79 Å². The molecule has 0 aliphatic carbocycles. The molecule has 2 atom stereocenters. The predicted molar refractivity (Wildman–Crippen MR) is 73.9 cm³/mol. The van der Waals surface area contributed by atoms with Crippen molar-refractivity contribution < 1.29 is 18.0 Å². The van der Waals surface area contributed by atoms with Crippen molar-refractivity contribution in [3.8, 4) is 0 Å². The summed E-state index contributed by atoms with van der Waals surface area (Å²) in [7, 11) is 0. The fourth-order valence-electron chi connectivity index (χ4n) is 2.28. The lowest BCUT2D eigenvalue weighted by molar-refractivity contribution is -0.140. The van der Waals surface area contributed by atoms with Crippen LogP contribution in [0.5, 0.6) is 0 Å². The predicted octanol–water partition coefficient (Wildman–Crippen LogP) is 2.73. The summed E-state index contributed by atoms with van der Waals surface area (Å²) in [6.45, 7) is 3.34. The number of rotatable bonds is 4. The van der Waals surface area contributed by atoms with Gasteiger partial charge in [-0.15, -0.1) is 11.3 Å². The smallest absolute Gasteiger partial charge is 0.347 e. The average molecular weight is 321 g/mol. The van der Waals surface area contributed by atoms with E-state index >= 15 is 0 Å². The van der Waals surface area contributed by atoms with Crippen molar-refractivity contribution in [2.24, 2.45) is 5.92 Å². The molecule has 2 unspecified atom stereocenters. The zero-order valence-corrected chi connectivity index (χ0v) is 12.5. The molecular weight excluding hydrogens is 303 g/mol. The van der Waals surface area contributed by atoms with E-state index in [1.54, 1.807) is 0 Å². The average Bonchev–Trinajstić information content (AvgIpc) is 2.95. The van der Waals surface area contributed by atoms with E-state index in [4.69, 9.17) is 0 Å². The Morgan fingerprint density at radius 1 is 1.62 bits per heavy atom. The van der Waals surface area contributed by atoms with Gasteiger partial charge in [0.25, 0.3) is 0 Å². The van der Waals surface area contributed by atoms with Crippen LogP contribution >= 0.6 is 11.3 Å². The highest BCUT2D eigenvalue weighted by Gasteiger charge is 2.34. The number of carbonyl (C=O) groups is 1. The highest BCUT2D eigenvalue weighted by molar-refractivity contribution is 7.09. The van der Waals surface area contributed by atoms with Gasteiger partial charge in [0.1, 0.15) is 5.01 Å². The van der Waals surface area contributed by atoms with Crippen molar-refractivity contribution in [2.75, 3.05) is 13.1 Å². The second-order valence-corrected chi connectivity index (χ2v) is 5.97. The lowest BCUT2D eigenvalue weighted by Gasteiger charge is -2.24. The molecule has 1 aliphatic rings. The number of alkyl halides is 3. The third-order valence-corrected chi connectivity index (χ3v) is 4.46. The van der Waals surface area contributed by atoms with E-state index < -0.39 is 17.9 Å². The molecule has 0 aromatic carbocycles. The summed E-state index contributed by atoms with van der Waals surface area (Å²) >= 11 is 0.936. The summed E-state index contributed by atoms with van der Waals surface area (Å²) in [5.41, 5.74) is -0.894. The maximum Gasteiger partial charge on any atom is 0.434 e. The lowest BCUT2D eigenvalue weighted by Crippen LogP contribution is -2.41. The van der Waals surface area contributed by atoms with Gasteiger partial charge < -0.3 is 10.6 Å². The van der Waals surface area contributed by atoms with E-state index in [9.17, 15) is 18.0 Å². The number of nitrogens with one attached hydrogen (secondary N) is 2. The number of nitrogens with zero attached hydrogens (tertiary/aromatic N) is 1. The van der Waals surface area contributed by atoms with Crippen molar-refractivity contribution >= 4 is 17.2 Å². The fourth-order valence-corrected chi connectivity index (χ4v) is 3.24. The maximum atomic E-state index is 12.6. The van der Waals surface area contributed by atoms with Crippen LogP contribution in [0, 0.1) is 5.92 Å². The molecule has 2 rings (SSSR count). The number of thiazole rings is 1. The zero-order valence-electron chi connectivity index (χ0n) is 11.7. The standard InChI is InChI=1S/C13H18F3N3OS/c1-2-9(12-19-10(7-21-12)13(14,15)16)18-11(20)8-4-3-5-17-6-8/h7-9,17H,2-6H2,1H3,(H,18,20). The number of piperidine rings is 1. The van der Waals surface area contributed by atoms with Gasteiger partial charge >= 0.3 is 6.18 Å². The second kappa shape index (κ2) is 6.74. The minimum absolute atomic E-state index is 0.113. The molecule has 2 heterocycles. The number of carbonyl (C=O) groups excluding carboxylic acids is 1. The number of hydrogen-bond acceptors (Lipinski definition) is 4. The summed E-state index contributed by atoms with van der Waals surface area (Å²) < 4.78 is 37.7. The maximum absolute atomic E-state index is 12.6. The first-order chi connectivity index (χ1) is 9.91. The van der Waals surface area contributed by atoms with Crippen LogP contribution in [0.3, 0.4) is 0 Å². The Morgan fingerprint density at radius 2 is 2.38 bits per heavy atom. The molecule has 1 aromatic rings. The number of amides is 1. The third-order valence-electron chi connectivity index (χ3n) is 3.50. The monoisotopic (exact) mass is 321 g/mol. The summed E-state index contributed by atoms with van der Waals surface area (Å²) in [6.07, 6.45) is -2.19. The van der Waals surface area contributed by atoms with E-state index in [0.29, 0.717) is 18.0 Å². The van der Waals surface area contributed by atoms with Crippen LogP contribution < -0.4 is 10.6 Å². The van der Waals surface area contributed by atoms with Crippen molar-refractivity contribution in [2.45, 2.75) is 38.4 Å². The second-order valence-electron chi connectivity index (χ2n) is 5.08. The molecule has 0 radical (unpaired) electrons. The van der Waals surface area contributed by atoms with Crippen molar-refractivity contribution in [3.05, 3.63) is 16.1 Å². The Morgan fingerprint density at radius 3 is 2.90 bits per heavy atom. The summed E-state index contributed by atoms with van der Waals surface area (Å²) in [6, 6.07) is -0.458. The van der Waals surface area contributed by atoms with Crippen LogP contribution in [0.15, 0.2) is 5.38 Å². The Hall–Kier alpha value is -1.15. The molecule has 4 nitrogen and oxygen atoms in total. The molecule has 0 spiro atoms. The number of aromatic nitrogens is 1. The van der Waals surface area contributed by atoms with Gasteiger partial charge in [-0.25, -0.2) is 4.98 Å². The summed E-state index contributed by atoms with van der Waals surface area (Å²) in [5, 5.41) is 7.27. The van der Waals surface area contributed by atoms with Gasteiger partial charge in [0.05, 0.1) is 12.0 Å². The van der Waals surface area contributed by atoms with Gasteiger partial charge in [0.2, 0.25) is 5.91 Å². The molecule has 8 heteroatoms. The van der Waals surface area contributed by atoms with Gasteiger partial charge in [0, 0.05) is 11.9 Å². The quantitative estimate of drug-likeness (QED) is 0.896. The Balaban J connectivity index is 2.02. The third kappa shape index (κ3) is 4.16. The first kappa shape index (κ1) is 16.2. The summed E-state index contributed by atoms with van der Waals surface area (Å²) in [5.74, 6) is -0.229. The highest BCUT2D eigenvalue weighted by Crippen LogP contribution is 2.32. The van der Waals surface area contributed by atoms with Crippen LogP contribution in [0.4, 0.5) is 13.2 Å². The minimum atomic E-state index is -4.44. The molecule has 0 bridgehead atoms. The Bertz CT molecular complexity index is 483. The fraction of sp³-hybridized carbons (Fsp3) is 0.692. The molecule has 21 heavy (non-hydrogen) atoms. The van der Waals surface area contributed by atoms with Crippen molar-refractivity contribution in [1.29, 1.82) is 0 Å². The topological polar surface area (TPSA) is 54.0 Å². The molecule has 1 fully saturated rings. The van der Waals surface area contributed by atoms with E-state index in [1.807, 2.05) is 6.92 Å². The minimum Gasteiger partial charge on any atom is -0.347 e. The molecule has 118 valence electrons. The first-order valence-corrected chi connectivity index (χ1v) is 7.83. The van der Waals surface area contributed by atoms with Crippen LogP contribution in [0.2, 0.25) is 0 Å². The van der Waals surface area contributed by atoms with E-state index in [2.05, 4.69) is 15.6 Å². The SMILES string of the molecule is CCC(NC(=O)C1CCCNC1)c1nc(C(F)(F)F)cs1. The van der Waals surface area contributed by atoms with E-state index in [1.165, 1.54) is 0 Å². The first-order valence-electron chi connectivity index (χ1n) is 6.95. The molecule has 2 N–H and O–H groups in total. The largest absolute Gasteiger partial charge is 0.434 e. The van der Waals surface area contributed by atoms with E-state index in [-0.39, 0.29) is 11.8 Å².